The first-order valence-electron chi connectivity index (χ1n) is 4.77. The van der Waals surface area contributed by atoms with Gasteiger partial charge in [-0.1, -0.05) is 36.4 Å². The Morgan fingerprint density at radius 1 is 1.00 bits per heavy atom. The molecular weight excluding hydrogens is 184 g/mol. The Labute approximate surface area is 88.8 Å². The molecule has 1 aromatic heterocycles. The molecule has 1 unspecified atom stereocenters. The van der Waals surface area contributed by atoms with E-state index in [9.17, 15) is 0 Å². The number of hydrogen-bond donors (Lipinski definition) is 0. The van der Waals surface area contributed by atoms with Crippen LogP contribution in [0.4, 0.5) is 0 Å². The molecule has 15 heavy (non-hydrogen) atoms. The van der Waals surface area contributed by atoms with E-state index in [2.05, 4.69) is 11.1 Å². The zero-order valence-electron chi connectivity index (χ0n) is 8.17. The first-order valence-corrected chi connectivity index (χ1v) is 4.77. The van der Waals surface area contributed by atoms with Crippen molar-refractivity contribution in [1.29, 1.82) is 5.26 Å². The van der Waals surface area contributed by atoms with Crippen molar-refractivity contribution in [3.8, 4) is 6.07 Å². The number of nitrogens with zero attached hydrogens (tertiary/aromatic N) is 2. The van der Waals surface area contributed by atoms with Gasteiger partial charge in [0.05, 0.1) is 11.8 Å². The summed E-state index contributed by atoms with van der Waals surface area (Å²) < 4.78 is 0. The van der Waals surface area contributed by atoms with Crippen LogP contribution < -0.4 is 0 Å². The Balaban J connectivity index is 2.39. The molecule has 0 fully saturated rings. The van der Waals surface area contributed by atoms with Crippen LogP contribution in [0.2, 0.25) is 0 Å². The maximum atomic E-state index is 9.14. The van der Waals surface area contributed by atoms with Gasteiger partial charge in [-0.15, -0.1) is 0 Å². The molecule has 0 spiro atoms. The first kappa shape index (κ1) is 9.42. The molecule has 0 aliphatic carbocycles. The van der Waals surface area contributed by atoms with Crippen LogP contribution in [0.1, 0.15) is 17.2 Å². The standard InChI is InChI=1S/C13H10N2/c14-10-12(11-6-2-1-3-7-11)13-8-4-5-9-15-13/h1-9,12H. The molecule has 0 N–H and O–H groups in total. The Morgan fingerprint density at radius 2 is 1.73 bits per heavy atom. The lowest BCUT2D eigenvalue weighted by molar-refractivity contribution is 0.966. The highest BCUT2D eigenvalue weighted by molar-refractivity contribution is 5.33. The Bertz CT molecular complexity index is 417. The van der Waals surface area contributed by atoms with Crippen LogP contribution in [0.5, 0.6) is 0 Å². The van der Waals surface area contributed by atoms with Gasteiger partial charge < -0.3 is 0 Å². The van der Waals surface area contributed by atoms with Crippen LogP contribution in [-0.2, 0) is 0 Å². The largest absolute Gasteiger partial charge is 0.260 e. The lowest BCUT2D eigenvalue weighted by Gasteiger charge is -2.07. The molecule has 0 bridgehead atoms. The minimum atomic E-state index is -0.271. The van der Waals surface area contributed by atoms with Crippen molar-refractivity contribution in [1.82, 2.24) is 4.98 Å². The van der Waals surface area contributed by atoms with Crippen LogP contribution in [0, 0.1) is 11.3 Å². The lowest BCUT2D eigenvalue weighted by Crippen LogP contribution is -1.99. The van der Waals surface area contributed by atoms with Crippen LogP contribution in [0.15, 0.2) is 54.7 Å². The molecule has 0 aliphatic heterocycles. The zero-order valence-corrected chi connectivity index (χ0v) is 8.17. The average Bonchev–Trinajstić information content (AvgIpc) is 2.33. The van der Waals surface area contributed by atoms with Gasteiger partial charge in [-0.3, -0.25) is 4.98 Å². The van der Waals surface area contributed by atoms with Crippen LogP contribution in [0.25, 0.3) is 0 Å². The second-order valence-electron chi connectivity index (χ2n) is 3.23. The van der Waals surface area contributed by atoms with Crippen molar-refractivity contribution in [2.75, 3.05) is 0 Å². The lowest BCUT2D eigenvalue weighted by atomic mass is 9.97. The summed E-state index contributed by atoms with van der Waals surface area (Å²) in [6.07, 6.45) is 1.71. The van der Waals surface area contributed by atoms with Gasteiger partial charge in [0.2, 0.25) is 0 Å². The zero-order chi connectivity index (χ0) is 10.5. The van der Waals surface area contributed by atoms with E-state index in [4.69, 9.17) is 5.26 Å². The van der Waals surface area contributed by atoms with Gasteiger partial charge in [-0.05, 0) is 17.7 Å². The molecule has 2 aromatic rings. The fraction of sp³-hybridized carbons (Fsp3) is 0.0769. The number of rotatable bonds is 2. The van der Waals surface area contributed by atoms with Gasteiger partial charge in [0.25, 0.3) is 0 Å². The van der Waals surface area contributed by atoms with Crippen molar-refractivity contribution >= 4 is 0 Å². The summed E-state index contributed by atoms with van der Waals surface area (Å²) in [5.41, 5.74) is 1.78. The van der Waals surface area contributed by atoms with Crippen LogP contribution in [-0.4, -0.2) is 4.98 Å². The Hall–Kier alpha value is -2.14. The van der Waals surface area contributed by atoms with Crippen LogP contribution in [0.3, 0.4) is 0 Å². The molecular formula is C13H10N2. The fourth-order valence-corrected chi connectivity index (χ4v) is 1.50. The van der Waals surface area contributed by atoms with Crippen molar-refractivity contribution < 1.29 is 0 Å². The quantitative estimate of drug-likeness (QED) is 0.737. The number of nitriles is 1. The highest BCUT2D eigenvalue weighted by Gasteiger charge is 2.13. The topological polar surface area (TPSA) is 36.7 Å². The van der Waals surface area contributed by atoms with E-state index >= 15 is 0 Å². The number of benzene rings is 1. The number of aromatic nitrogens is 1. The molecule has 1 heterocycles. The van der Waals surface area contributed by atoms with E-state index in [0.717, 1.165) is 11.3 Å². The fourth-order valence-electron chi connectivity index (χ4n) is 1.50. The van der Waals surface area contributed by atoms with E-state index in [-0.39, 0.29) is 5.92 Å². The SMILES string of the molecule is N#CC(c1ccccc1)c1ccccn1. The molecule has 72 valence electrons. The summed E-state index contributed by atoms with van der Waals surface area (Å²) in [4.78, 5) is 4.20. The van der Waals surface area contributed by atoms with Crippen molar-refractivity contribution in [3.63, 3.8) is 0 Å². The van der Waals surface area contributed by atoms with Crippen molar-refractivity contribution in [3.05, 3.63) is 66.0 Å². The highest BCUT2D eigenvalue weighted by Crippen LogP contribution is 2.21. The van der Waals surface area contributed by atoms with Gasteiger partial charge in [0.1, 0.15) is 5.92 Å². The second kappa shape index (κ2) is 4.39. The van der Waals surface area contributed by atoms with E-state index < -0.39 is 0 Å². The van der Waals surface area contributed by atoms with Gasteiger partial charge in [0, 0.05) is 6.20 Å². The smallest absolute Gasteiger partial charge is 0.113 e. The summed E-state index contributed by atoms with van der Waals surface area (Å²) in [6.45, 7) is 0. The minimum absolute atomic E-state index is 0.271. The van der Waals surface area contributed by atoms with E-state index in [0.29, 0.717) is 0 Å². The third-order valence-electron chi connectivity index (χ3n) is 2.25. The monoisotopic (exact) mass is 194 g/mol. The van der Waals surface area contributed by atoms with E-state index in [1.807, 2.05) is 48.5 Å². The molecule has 2 heteroatoms. The highest BCUT2D eigenvalue weighted by atomic mass is 14.7. The number of pyridine rings is 1. The molecule has 0 aliphatic rings. The summed E-state index contributed by atoms with van der Waals surface area (Å²) in [5.74, 6) is -0.271. The summed E-state index contributed by atoms with van der Waals surface area (Å²) >= 11 is 0. The van der Waals surface area contributed by atoms with E-state index in [1.54, 1.807) is 6.20 Å². The van der Waals surface area contributed by atoms with Crippen molar-refractivity contribution in [2.45, 2.75) is 5.92 Å². The number of hydrogen-bond acceptors (Lipinski definition) is 2. The summed E-state index contributed by atoms with van der Waals surface area (Å²) in [7, 11) is 0. The van der Waals surface area contributed by atoms with Gasteiger partial charge in [-0.2, -0.15) is 5.26 Å². The molecule has 2 nitrogen and oxygen atoms in total. The molecule has 0 saturated carbocycles. The van der Waals surface area contributed by atoms with Crippen molar-refractivity contribution in [2.24, 2.45) is 0 Å². The van der Waals surface area contributed by atoms with Gasteiger partial charge in [0.15, 0.2) is 0 Å². The molecule has 2 rings (SSSR count). The predicted octanol–water partition coefficient (Wildman–Crippen LogP) is 2.74. The molecule has 0 saturated heterocycles. The maximum absolute atomic E-state index is 9.14. The van der Waals surface area contributed by atoms with Crippen LogP contribution >= 0.6 is 0 Å². The van der Waals surface area contributed by atoms with E-state index in [1.165, 1.54) is 0 Å². The first-order chi connectivity index (χ1) is 7.42. The molecule has 1 aromatic carbocycles. The summed E-state index contributed by atoms with van der Waals surface area (Å²) in [5, 5.41) is 9.14. The Morgan fingerprint density at radius 3 is 2.33 bits per heavy atom. The normalized spacial score (nSPS) is 11.7. The maximum Gasteiger partial charge on any atom is 0.113 e. The molecule has 0 amide bonds. The Kier molecular flexibility index (Phi) is 2.75. The molecule has 0 radical (unpaired) electrons. The van der Waals surface area contributed by atoms with Gasteiger partial charge in [-0.25, -0.2) is 0 Å². The third kappa shape index (κ3) is 2.03. The predicted molar refractivity (Wildman–Crippen MR) is 58.1 cm³/mol. The summed E-state index contributed by atoms with van der Waals surface area (Å²) in [6, 6.07) is 17.6. The minimum Gasteiger partial charge on any atom is -0.260 e. The third-order valence-corrected chi connectivity index (χ3v) is 2.25. The molecule has 1 atom stereocenters. The van der Waals surface area contributed by atoms with Gasteiger partial charge >= 0.3 is 0 Å². The average molecular weight is 194 g/mol. The second-order valence-corrected chi connectivity index (χ2v) is 3.23.